The Morgan fingerprint density at radius 1 is 1.15 bits per heavy atom. The highest BCUT2D eigenvalue weighted by atomic mass is 19.4. The third-order valence-electron chi connectivity index (χ3n) is 6.44. The molecule has 2 atom stereocenters. The smallest absolute Gasteiger partial charge is 0.331 e. The lowest BCUT2D eigenvalue weighted by Crippen LogP contribution is -2.54. The topological polar surface area (TPSA) is 103 Å². The van der Waals surface area contributed by atoms with Gasteiger partial charge in [0.2, 0.25) is 5.91 Å². The molecule has 0 radical (unpaired) electrons. The normalized spacial score (nSPS) is 28.2. The van der Waals surface area contributed by atoms with Gasteiger partial charge in [0.25, 0.3) is 0 Å². The molecule has 0 aliphatic carbocycles. The first-order chi connectivity index (χ1) is 22.0. The van der Waals surface area contributed by atoms with Gasteiger partial charge in [-0.15, -0.1) is 0 Å². The highest BCUT2D eigenvalue weighted by Crippen LogP contribution is 2.32. The zero-order valence-electron chi connectivity index (χ0n) is 28.4. The molecule has 9 nitrogen and oxygen atoms in total. The molecule has 14 heteroatoms. The highest BCUT2D eigenvalue weighted by molar-refractivity contribution is 5.87. The number of H-pyrrole nitrogens is 1. The zero-order valence-corrected chi connectivity index (χ0v) is 20.4. The molecule has 2 aliphatic heterocycles. The number of benzene rings is 1. The van der Waals surface area contributed by atoms with Crippen LogP contribution in [0.1, 0.15) is 54.1 Å². The van der Waals surface area contributed by atoms with Crippen molar-refractivity contribution in [3.8, 4) is 0 Å². The van der Waals surface area contributed by atoms with Crippen LogP contribution >= 0.6 is 0 Å². The Morgan fingerprint density at radius 2 is 1.90 bits per heavy atom. The molecule has 0 spiro atoms. The van der Waals surface area contributed by atoms with E-state index < -0.39 is 116 Å². The molecule has 5 rings (SSSR count). The molecule has 0 unspecified atom stereocenters. The van der Waals surface area contributed by atoms with Crippen molar-refractivity contribution in [2.24, 2.45) is 0 Å². The Kier molecular flexibility index (Phi) is 5.22. The maximum Gasteiger partial charge on any atom is 0.406 e. The highest BCUT2D eigenvalue weighted by Gasteiger charge is 2.40. The fraction of sp³-hybridized carbons (Fsp3) is 0.462. The number of aromatic nitrogens is 3. The van der Waals surface area contributed by atoms with Crippen LogP contribution in [0.4, 0.5) is 26.7 Å². The fourth-order valence-corrected chi connectivity index (χ4v) is 4.62. The molecule has 2 saturated heterocycles. The van der Waals surface area contributed by atoms with Gasteiger partial charge >= 0.3 is 17.9 Å². The van der Waals surface area contributed by atoms with E-state index in [4.69, 9.17) is 11.0 Å². The molecule has 1 aromatic carbocycles. The van der Waals surface area contributed by atoms with Crippen molar-refractivity contribution in [3.63, 3.8) is 0 Å². The first-order valence-electron chi connectivity index (χ1n) is 16.0. The van der Waals surface area contributed by atoms with Crippen molar-refractivity contribution >= 4 is 23.1 Å². The van der Waals surface area contributed by atoms with E-state index in [-0.39, 0.29) is 16.1 Å². The van der Waals surface area contributed by atoms with E-state index >= 15 is 0 Å². The molecule has 2 aromatic heterocycles. The number of alkyl halides is 3. The van der Waals surface area contributed by atoms with Crippen molar-refractivity contribution in [2.75, 3.05) is 26.0 Å². The second-order valence-corrected chi connectivity index (χ2v) is 9.05. The second-order valence-electron chi connectivity index (χ2n) is 9.05. The van der Waals surface area contributed by atoms with E-state index in [9.17, 15) is 36.3 Å². The summed E-state index contributed by atoms with van der Waals surface area (Å²) in [4.78, 5) is 45.9. The Morgan fingerprint density at radius 3 is 2.62 bits per heavy atom. The molecule has 2 aliphatic rings. The standard InChI is InChI=1S/C26H27F5N6O3/c27-18-4-1-3-17(21(18)28)15-6-7-19(23(38)36(13-15)14-26(29,30)31)33-24(39)35-11-8-16(9-12-35)37-20-5-2-10-32-22(20)34-25(37)40/h1-5,10,15-16,19H,6-9,11-14H2,(H,33,39)(H,32,34,40)/t15-,19-/m1/s1/i6D2,11D2,12D2,14D2. The molecule has 4 heterocycles. The fourth-order valence-electron chi connectivity index (χ4n) is 4.62. The molecule has 3 aromatic rings. The molecule has 0 saturated carbocycles. The molecule has 214 valence electrons. The van der Waals surface area contributed by atoms with Crippen LogP contribution in [0.5, 0.6) is 0 Å². The van der Waals surface area contributed by atoms with Crippen molar-refractivity contribution < 1.29 is 42.5 Å². The van der Waals surface area contributed by atoms with Gasteiger partial charge in [-0.2, -0.15) is 13.2 Å². The number of nitrogens with one attached hydrogen (secondary N) is 2. The first-order valence-corrected chi connectivity index (χ1v) is 12.0. The minimum atomic E-state index is -5.79. The van der Waals surface area contributed by atoms with Crippen molar-refractivity contribution in [1.82, 2.24) is 29.7 Å². The minimum Gasteiger partial charge on any atom is -0.331 e. The first kappa shape index (κ1) is 19.2. The summed E-state index contributed by atoms with van der Waals surface area (Å²) in [5.41, 5.74) is -1.20. The molecular formula is C26H27F5N6O3. The summed E-state index contributed by atoms with van der Waals surface area (Å²) in [6.07, 6.45) is -9.93. The van der Waals surface area contributed by atoms with Crippen LogP contribution in [-0.2, 0) is 4.79 Å². The van der Waals surface area contributed by atoms with E-state index in [1.165, 1.54) is 18.3 Å². The lowest BCUT2D eigenvalue weighted by atomic mass is 9.93. The van der Waals surface area contributed by atoms with E-state index in [1.54, 1.807) is 0 Å². The summed E-state index contributed by atoms with van der Waals surface area (Å²) in [6.45, 7) is -11.8. The molecule has 3 amide bonds. The van der Waals surface area contributed by atoms with E-state index in [0.717, 1.165) is 16.7 Å². The third-order valence-corrected chi connectivity index (χ3v) is 6.44. The minimum absolute atomic E-state index is 0.0365. The Labute approximate surface area is 236 Å². The van der Waals surface area contributed by atoms with Gasteiger partial charge < -0.3 is 15.1 Å². The molecular weight excluding hydrogens is 539 g/mol. The van der Waals surface area contributed by atoms with Crippen molar-refractivity contribution in [2.45, 2.75) is 49.8 Å². The van der Waals surface area contributed by atoms with Crippen LogP contribution in [-0.4, -0.2) is 74.5 Å². The quantitative estimate of drug-likeness (QED) is 0.464. The zero-order chi connectivity index (χ0) is 35.8. The second kappa shape index (κ2) is 10.9. The number of imidazole rings is 1. The summed E-state index contributed by atoms with van der Waals surface area (Å²) in [5, 5.41) is 1.88. The summed E-state index contributed by atoms with van der Waals surface area (Å²) in [7, 11) is 0. The number of halogens is 5. The number of fused-ring (bicyclic) bond motifs is 1. The predicted molar refractivity (Wildman–Crippen MR) is 133 cm³/mol. The van der Waals surface area contributed by atoms with Crippen LogP contribution in [0.3, 0.4) is 0 Å². The molecule has 40 heavy (non-hydrogen) atoms. The SMILES string of the molecule is [2H]C1([2H])C[C@@H](NC(=O)N2C([2H])([2H])CC(n3c(=O)[nH]c4ncccc43)CC2([2H])[2H])C(=O)N(C([2H])([2H])C(F)(F)F)C[C@@H]1c1cccc(F)c1F. The third kappa shape index (κ3) is 5.65. The van der Waals surface area contributed by atoms with Gasteiger partial charge in [-0.05, 0) is 49.4 Å². The van der Waals surface area contributed by atoms with Gasteiger partial charge in [0.1, 0.15) is 12.5 Å². The van der Waals surface area contributed by atoms with Gasteiger partial charge in [-0.1, -0.05) is 12.1 Å². The maximum absolute atomic E-state index is 14.8. The van der Waals surface area contributed by atoms with Gasteiger partial charge in [0.05, 0.1) is 8.26 Å². The van der Waals surface area contributed by atoms with Crippen LogP contribution in [0, 0.1) is 11.6 Å². The van der Waals surface area contributed by atoms with Gasteiger partial charge in [0, 0.05) is 45.9 Å². The number of rotatable bonds is 4. The monoisotopic (exact) mass is 574 g/mol. The maximum atomic E-state index is 14.8. The van der Waals surface area contributed by atoms with Crippen LogP contribution in [0.2, 0.25) is 0 Å². The average Bonchev–Trinajstić information content (AvgIpc) is 3.23. The lowest BCUT2D eigenvalue weighted by molar-refractivity contribution is -0.162. The van der Waals surface area contributed by atoms with Gasteiger partial charge in [-0.3, -0.25) is 14.3 Å². The summed E-state index contributed by atoms with van der Waals surface area (Å²) in [5.74, 6) is -7.06. The molecule has 0 bridgehead atoms. The summed E-state index contributed by atoms with van der Waals surface area (Å²) in [6, 6.07) is 0.160. The average molecular weight is 575 g/mol. The molecule has 2 N–H and O–H groups in total. The lowest BCUT2D eigenvalue weighted by Gasteiger charge is -2.34. The van der Waals surface area contributed by atoms with Crippen molar-refractivity contribution in [3.05, 3.63) is 64.2 Å². The van der Waals surface area contributed by atoms with E-state index in [0.29, 0.717) is 6.07 Å². The summed E-state index contributed by atoms with van der Waals surface area (Å²) >= 11 is 0. The van der Waals surface area contributed by atoms with Gasteiger partial charge in [0.15, 0.2) is 17.3 Å². The predicted octanol–water partition coefficient (Wildman–Crippen LogP) is 3.69. The number of amides is 3. The van der Waals surface area contributed by atoms with Crippen LogP contribution in [0.25, 0.3) is 11.2 Å². The Balaban J connectivity index is 1.50. The number of carbonyl (C=O) groups is 2. The van der Waals surface area contributed by atoms with E-state index in [1.807, 2.05) is 5.32 Å². The van der Waals surface area contributed by atoms with Crippen molar-refractivity contribution in [1.29, 1.82) is 0 Å². The summed E-state index contributed by atoms with van der Waals surface area (Å²) < 4.78 is 139. The Bertz CT molecular complexity index is 1800. The number of aromatic amines is 1. The largest absolute Gasteiger partial charge is 0.406 e. The van der Waals surface area contributed by atoms with Crippen LogP contribution in [0.15, 0.2) is 41.3 Å². The van der Waals surface area contributed by atoms with Gasteiger partial charge in [-0.25, -0.2) is 23.4 Å². The Hall–Kier alpha value is -3.97. The van der Waals surface area contributed by atoms with Crippen LogP contribution < -0.4 is 11.0 Å². The number of urea groups is 1. The van der Waals surface area contributed by atoms with E-state index in [2.05, 4.69) is 9.97 Å². The number of nitrogens with zero attached hydrogens (tertiary/aromatic N) is 4. The number of piperidine rings is 1. The number of hydrogen-bond acceptors (Lipinski definition) is 4. The number of hydrogen-bond donors (Lipinski definition) is 2. The molecule has 2 fully saturated rings. The number of carbonyl (C=O) groups excluding carboxylic acids is 2. The number of likely N-dealkylation sites (tertiary alicyclic amines) is 2. The number of pyridine rings is 1.